The summed E-state index contributed by atoms with van der Waals surface area (Å²) in [5.74, 6) is 4.42. The molecule has 0 aliphatic rings. The molecule has 153 valence electrons. The third-order valence-electron chi connectivity index (χ3n) is 5.40. The van der Waals surface area contributed by atoms with Crippen LogP contribution in [0.3, 0.4) is 0 Å². The molecule has 0 heterocycles. The second-order valence-electron chi connectivity index (χ2n) is 6.98. The van der Waals surface area contributed by atoms with E-state index in [0.717, 1.165) is 11.8 Å². The molecular formula is C20H31BN3O4. The molecule has 1 amide bonds. The molecule has 0 saturated heterocycles. The molecule has 0 aliphatic carbocycles. The number of aldehydes is 1. The molecule has 0 aliphatic heterocycles. The number of amides is 1. The molecule has 3 atom stereocenters. The highest BCUT2D eigenvalue weighted by atomic mass is 16.5. The lowest BCUT2D eigenvalue weighted by Gasteiger charge is -2.37. The van der Waals surface area contributed by atoms with Crippen molar-refractivity contribution in [1.82, 2.24) is 10.7 Å². The largest absolute Gasteiger partial charge is 0.467 e. The molecule has 28 heavy (non-hydrogen) atoms. The number of nitrogens with one attached hydrogen (secondary N) is 2. The van der Waals surface area contributed by atoms with Crippen molar-refractivity contribution in [3.05, 3.63) is 35.9 Å². The molecule has 4 N–H and O–H groups in total. The molecule has 1 aromatic carbocycles. The summed E-state index contributed by atoms with van der Waals surface area (Å²) in [6, 6.07) is 8.91. The fourth-order valence-corrected chi connectivity index (χ4v) is 3.32. The zero-order valence-corrected chi connectivity index (χ0v) is 16.9. The molecule has 0 spiro atoms. The number of benzene rings is 1. The first-order valence-electron chi connectivity index (χ1n) is 9.59. The number of carbonyl (C=O) groups excluding carboxylic acids is 3. The van der Waals surface area contributed by atoms with Gasteiger partial charge in [-0.15, -0.1) is 0 Å². The molecule has 1 aromatic rings. The van der Waals surface area contributed by atoms with E-state index in [1.165, 1.54) is 7.11 Å². The Morgan fingerprint density at radius 1 is 1.32 bits per heavy atom. The third kappa shape index (κ3) is 6.46. The molecular weight excluding hydrogens is 357 g/mol. The normalized spacial score (nSPS) is 15.0. The topological polar surface area (TPSA) is 111 Å². The number of esters is 1. The third-order valence-corrected chi connectivity index (χ3v) is 5.40. The number of hydrogen-bond donors (Lipinski definition) is 3. The number of methoxy groups -OCH3 is 1. The van der Waals surface area contributed by atoms with Gasteiger partial charge in [-0.2, -0.15) is 0 Å². The van der Waals surface area contributed by atoms with Crippen LogP contribution in [-0.2, 0) is 25.5 Å². The summed E-state index contributed by atoms with van der Waals surface area (Å²) < 4.78 is 4.88. The summed E-state index contributed by atoms with van der Waals surface area (Å²) in [6.45, 7) is 3.88. The van der Waals surface area contributed by atoms with Gasteiger partial charge in [0.05, 0.1) is 12.5 Å². The first-order chi connectivity index (χ1) is 13.4. The fraction of sp³-hybridized carbons (Fsp3) is 0.550. The predicted molar refractivity (Wildman–Crippen MR) is 109 cm³/mol. The van der Waals surface area contributed by atoms with Crippen LogP contribution in [0.1, 0.15) is 38.7 Å². The Morgan fingerprint density at radius 3 is 2.54 bits per heavy atom. The number of nitrogens with two attached hydrogens (primary N) is 1. The number of aryl methyl sites for hydroxylation is 1. The lowest BCUT2D eigenvalue weighted by molar-refractivity contribution is -0.147. The van der Waals surface area contributed by atoms with Crippen LogP contribution in [0.5, 0.6) is 0 Å². The fourth-order valence-electron chi connectivity index (χ4n) is 3.32. The minimum absolute atomic E-state index is 0.0403. The van der Waals surface area contributed by atoms with Crippen molar-refractivity contribution >= 4 is 25.6 Å². The maximum Gasteiger partial charge on any atom is 0.328 e. The summed E-state index contributed by atoms with van der Waals surface area (Å²) >= 11 is 0. The van der Waals surface area contributed by atoms with Gasteiger partial charge in [0, 0.05) is 6.42 Å². The molecule has 0 bridgehead atoms. The van der Waals surface area contributed by atoms with E-state index >= 15 is 0 Å². The highest BCUT2D eigenvalue weighted by molar-refractivity contribution is 6.33. The van der Waals surface area contributed by atoms with Crippen LogP contribution >= 0.6 is 0 Å². The Kier molecular flexibility index (Phi) is 10.5. The zero-order valence-electron chi connectivity index (χ0n) is 16.9. The van der Waals surface area contributed by atoms with Gasteiger partial charge in [-0.25, -0.2) is 4.79 Å². The molecule has 1 unspecified atom stereocenters. The van der Waals surface area contributed by atoms with Crippen LogP contribution in [-0.4, -0.2) is 38.7 Å². The van der Waals surface area contributed by atoms with Gasteiger partial charge in [-0.1, -0.05) is 50.6 Å². The maximum absolute atomic E-state index is 13.2. The summed E-state index contributed by atoms with van der Waals surface area (Å²) in [5, 5.41) is 5.26. The quantitative estimate of drug-likeness (QED) is 0.155. The highest BCUT2D eigenvalue weighted by Crippen LogP contribution is 2.37. The van der Waals surface area contributed by atoms with Gasteiger partial charge in [-0.3, -0.25) is 10.6 Å². The molecule has 0 aromatic heterocycles. The average Bonchev–Trinajstić information content (AvgIpc) is 2.73. The van der Waals surface area contributed by atoms with E-state index in [0.29, 0.717) is 19.3 Å². The number of ether oxygens (including phenoxy) is 1. The van der Waals surface area contributed by atoms with Gasteiger partial charge in [-0.05, 0) is 30.6 Å². The lowest BCUT2D eigenvalue weighted by Crippen LogP contribution is -2.52. The first-order valence-corrected chi connectivity index (χ1v) is 9.59. The van der Waals surface area contributed by atoms with Crippen LogP contribution in [0.25, 0.3) is 0 Å². The van der Waals surface area contributed by atoms with E-state index in [-0.39, 0.29) is 24.6 Å². The van der Waals surface area contributed by atoms with E-state index in [9.17, 15) is 14.4 Å². The standard InChI is InChI=1S/C20H31BN3O4/c1-4-15(2)20(12-13-25,14-21-24-22)19(27)23-17(18(26)28-3)11-10-16-8-6-5-7-9-16/h5-9,13,15,17,24H,4,10-12,14,22H2,1-3H3,(H,23,27)/t15-,17?,20+/m1/s1. The van der Waals surface area contributed by atoms with E-state index in [4.69, 9.17) is 10.6 Å². The van der Waals surface area contributed by atoms with Crippen LogP contribution in [0.4, 0.5) is 0 Å². The molecule has 8 heteroatoms. The van der Waals surface area contributed by atoms with E-state index in [1.807, 2.05) is 44.2 Å². The molecule has 0 fully saturated rings. The number of carbonyl (C=O) groups is 3. The summed E-state index contributed by atoms with van der Waals surface area (Å²) in [4.78, 5) is 36.9. The molecule has 0 saturated carbocycles. The van der Waals surface area contributed by atoms with Gasteiger partial charge in [0.2, 0.25) is 13.3 Å². The molecule has 7 nitrogen and oxygen atoms in total. The van der Waals surface area contributed by atoms with Crippen molar-refractivity contribution in [2.24, 2.45) is 17.2 Å². The Labute approximate surface area is 168 Å². The Hall–Kier alpha value is -2.19. The van der Waals surface area contributed by atoms with Gasteiger partial charge in [0.25, 0.3) is 0 Å². The van der Waals surface area contributed by atoms with E-state index in [2.05, 4.69) is 10.7 Å². The molecule has 1 rings (SSSR count). The Morgan fingerprint density at radius 2 is 2.00 bits per heavy atom. The van der Waals surface area contributed by atoms with Gasteiger partial charge < -0.3 is 20.2 Å². The van der Waals surface area contributed by atoms with Crippen LogP contribution in [0.2, 0.25) is 6.32 Å². The van der Waals surface area contributed by atoms with Crippen molar-refractivity contribution in [2.45, 2.75) is 51.9 Å². The Balaban J connectivity index is 3.02. The minimum Gasteiger partial charge on any atom is -0.467 e. The monoisotopic (exact) mass is 388 g/mol. The second-order valence-corrected chi connectivity index (χ2v) is 6.98. The van der Waals surface area contributed by atoms with Crippen molar-refractivity contribution < 1.29 is 19.1 Å². The van der Waals surface area contributed by atoms with Crippen molar-refractivity contribution in [2.75, 3.05) is 7.11 Å². The van der Waals surface area contributed by atoms with E-state index in [1.54, 1.807) is 7.41 Å². The maximum atomic E-state index is 13.2. The summed E-state index contributed by atoms with van der Waals surface area (Å²) in [6.07, 6.45) is 2.77. The average molecular weight is 388 g/mol. The van der Waals surface area contributed by atoms with Gasteiger partial charge in [0.15, 0.2) is 0 Å². The molecule has 1 radical (unpaired) electrons. The number of rotatable bonds is 13. The lowest BCUT2D eigenvalue weighted by atomic mass is 9.61. The summed E-state index contributed by atoms with van der Waals surface area (Å²) in [7, 11) is 2.86. The van der Waals surface area contributed by atoms with Crippen molar-refractivity contribution in [1.29, 1.82) is 0 Å². The predicted octanol–water partition coefficient (Wildman–Crippen LogP) is 1.40. The van der Waals surface area contributed by atoms with Crippen LogP contribution in [0.15, 0.2) is 30.3 Å². The van der Waals surface area contributed by atoms with Gasteiger partial charge >= 0.3 is 5.97 Å². The second kappa shape index (κ2) is 12.3. The SMILES string of the molecule is CC[C@@H](C)[C@@](C[B]NN)(CC=O)C(=O)NC(CCc1ccccc1)C(=O)OC. The minimum atomic E-state index is -0.984. The van der Waals surface area contributed by atoms with Crippen molar-refractivity contribution in [3.63, 3.8) is 0 Å². The highest BCUT2D eigenvalue weighted by Gasteiger charge is 2.43. The Bertz CT molecular complexity index is 629. The first kappa shape index (κ1) is 23.9. The number of hydrogen-bond acceptors (Lipinski definition) is 6. The smallest absolute Gasteiger partial charge is 0.328 e. The summed E-state index contributed by atoms with van der Waals surface area (Å²) in [5.41, 5.74) is 0.0782. The van der Waals surface area contributed by atoms with E-state index < -0.39 is 17.4 Å². The van der Waals surface area contributed by atoms with Crippen LogP contribution in [0, 0.1) is 11.3 Å². The van der Waals surface area contributed by atoms with Crippen LogP contribution < -0.4 is 16.5 Å². The number of hydrazine groups is 1. The van der Waals surface area contributed by atoms with Gasteiger partial charge in [0.1, 0.15) is 12.3 Å². The zero-order chi connectivity index (χ0) is 21.0. The van der Waals surface area contributed by atoms with Crippen molar-refractivity contribution in [3.8, 4) is 0 Å².